The molecular formula is C12H15BrFNO2. The molecule has 0 aliphatic heterocycles. The molecule has 0 radical (unpaired) electrons. The van der Waals surface area contributed by atoms with Gasteiger partial charge in [-0.15, -0.1) is 0 Å². The summed E-state index contributed by atoms with van der Waals surface area (Å²) in [5.41, 5.74) is 4.94. The Morgan fingerprint density at radius 1 is 1.53 bits per heavy atom. The van der Waals surface area contributed by atoms with Gasteiger partial charge in [0.2, 0.25) is 0 Å². The molecule has 5 heteroatoms. The van der Waals surface area contributed by atoms with Gasteiger partial charge in [-0.05, 0) is 37.6 Å². The maximum atomic E-state index is 13.2. The van der Waals surface area contributed by atoms with Crippen molar-refractivity contribution < 1.29 is 13.9 Å². The zero-order valence-electron chi connectivity index (χ0n) is 9.96. The predicted molar refractivity (Wildman–Crippen MR) is 67.3 cm³/mol. The molecule has 0 aliphatic rings. The van der Waals surface area contributed by atoms with Gasteiger partial charge < -0.3 is 10.5 Å². The minimum absolute atomic E-state index is 0.194. The molecular weight excluding hydrogens is 289 g/mol. The van der Waals surface area contributed by atoms with Gasteiger partial charge >= 0.3 is 6.09 Å². The average Bonchev–Trinajstić information content (AvgIpc) is 2.18. The molecule has 1 aromatic carbocycles. The van der Waals surface area contributed by atoms with Crippen LogP contribution in [0.15, 0.2) is 22.7 Å². The summed E-state index contributed by atoms with van der Waals surface area (Å²) in [6.45, 7) is 5.32. The van der Waals surface area contributed by atoms with E-state index in [0.717, 1.165) is 10.0 Å². The lowest BCUT2D eigenvalue weighted by Gasteiger charge is -2.31. The molecule has 0 saturated carbocycles. The highest BCUT2D eigenvalue weighted by Gasteiger charge is 2.32. The first-order valence-electron chi connectivity index (χ1n) is 5.17. The summed E-state index contributed by atoms with van der Waals surface area (Å²) >= 11 is 3.35. The van der Waals surface area contributed by atoms with Crippen molar-refractivity contribution in [3.63, 3.8) is 0 Å². The molecule has 0 bridgehead atoms. The third kappa shape index (κ3) is 3.43. The molecule has 94 valence electrons. The van der Waals surface area contributed by atoms with Crippen molar-refractivity contribution in [1.82, 2.24) is 0 Å². The highest BCUT2D eigenvalue weighted by Crippen LogP contribution is 2.35. The van der Waals surface area contributed by atoms with E-state index < -0.39 is 11.7 Å². The molecule has 0 heterocycles. The van der Waals surface area contributed by atoms with Crippen LogP contribution in [0, 0.1) is 5.82 Å². The number of halogens is 2. The number of carbonyl (C=O) groups excluding carboxylic acids is 1. The van der Waals surface area contributed by atoms with Crippen LogP contribution in [0.2, 0.25) is 0 Å². The number of hydrogen-bond donors (Lipinski definition) is 1. The monoisotopic (exact) mass is 303 g/mol. The summed E-state index contributed by atoms with van der Waals surface area (Å²) < 4.78 is 19.0. The maximum absolute atomic E-state index is 13.2. The molecule has 1 aromatic rings. The van der Waals surface area contributed by atoms with E-state index in [1.807, 2.05) is 6.92 Å². The lowest BCUT2D eigenvalue weighted by atomic mass is 9.86. The number of carbonyl (C=O) groups is 1. The van der Waals surface area contributed by atoms with Gasteiger partial charge in [-0.3, -0.25) is 0 Å². The first-order valence-corrected chi connectivity index (χ1v) is 5.96. The van der Waals surface area contributed by atoms with Crippen molar-refractivity contribution in [2.75, 3.05) is 0 Å². The van der Waals surface area contributed by atoms with Crippen LogP contribution in [0.1, 0.15) is 32.3 Å². The Morgan fingerprint density at radius 3 is 2.65 bits per heavy atom. The topological polar surface area (TPSA) is 52.3 Å². The molecule has 1 amide bonds. The van der Waals surface area contributed by atoms with Gasteiger partial charge in [0.1, 0.15) is 11.4 Å². The van der Waals surface area contributed by atoms with Crippen LogP contribution in [0.3, 0.4) is 0 Å². The molecule has 1 rings (SSSR count). The Bertz CT molecular complexity index is 435. The van der Waals surface area contributed by atoms with Crippen molar-refractivity contribution in [3.05, 3.63) is 34.1 Å². The van der Waals surface area contributed by atoms with Gasteiger partial charge in [-0.1, -0.05) is 22.9 Å². The van der Waals surface area contributed by atoms with Gasteiger partial charge in [0.15, 0.2) is 0 Å². The molecule has 1 atom stereocenters. The molecule has 1 unspecified atom stereocenters. The lowest BCUT2D eigenvalue weighted by Crippen LogP contribution is -2.36. The van der Waals surface area contributed by atoms with Crippen molar-refractivity contribution in [3.8, 4) is 0 Å². The Morgan fingerprint density at radius 2 is 2.12 bits per heavy atom. The van der Waals surface area contributed by atoms with E-state index in [4.69, 9.17) is 10.5 Å². The number of amides is 1. The molecule has 17 heavy (non-hydrogen) atoms. The van der Waals surface area contributed by atoms with Crippen molar-refractivity contribution in [2.24, 2.45) is 5.73 Å². The quantitative estimate of drug-likeness (QED) is 0.928. The maximum Gasteiger partial charge on any atom is 0.405 e. The second-order valence-corrected chi connectivity index (χ2v) is 5.27. The molecule has 0 aliphatic carbocycles. The Balaban J connectivity index is 3.06. The highest BCUT2D eigenvalue weighted by molar-refractivity contribution is 9.10. The number of rotatable bonds is 3. The number of benzene rings is 1. The van der Waals surface area contributed by atoms with E-state index in [2.05, 4.69) is 15.9 Å². The van der Waals surface area contributed by atoms with Crippen molar-refractivity contribution >= 4 is 22.0 Å². The Hall–Kier alpha value is -1.10. The lowest BCUT2D eigenvalue weighted by molar-refractivity contribution is 0.0279. The zero-order valence-corrected chi connectivity index (χ0v) is 11.5. The summed E-state index contributed by atoms with van der Waals surface area (Å²) in [7, 11) is 0. The van der Waals surface area contributed by atoms with Gasteiger partial charge in [0.05, 0.1) is 0 Å². The van der Waals surface area contributed by atoms with Crippen molar-refractivity contribution in [1.29, 1.82) is 0 Å². The van der Waals surface area contributed by atoms with Crippen LogP contribution in [-0.2, 0) is 4.74 Å². The van der Waals surface area contributed by atoms with E-state index in [9.17, 15) is 9.18 Å². The molecule has 0 saturated heterocycles. The third-order valence-electron chi connectivity index (χ3n) is 2.83. The predicted octanol–water partition coefficient (Wildman–Crippen LogP) is 3.57. The van der Waals surface area contributed by atoms with Gasteiger partial charge in [-0.2, -0.15) is 0 Å². The van der Waals surface area contributed by atoms with Gasteiger partial charge in [-0.25, -0.2) is 9.18 Å². The van der Waals surface area contributed by atoms with Gasteiger partial charge in [0, 0.05) is 10.4 Å². The standard InChI is InChI=1S/C12H15BrFNO2/c1-7(12(2,3)17-11(15)16)9-6-8(14)4-5-10(9)13/h4-7H,1-3H3,(H2,15,16). The van der Waals surface area contributed by atoms with Crippen LogP contribution in [0.4, 0.5) is 9.18 Å². The van der Waals surface area contributed by atoms with Crippen LogP contribution in [0.5, 0.6) is 0 Å². The SMILES string of the molecule is CC(c1cc(F)ccc1Br)C(C)(C)OC(N)=O. The van der Waals surface area contributed by atoms with E-state index in [-0.39, 0.29) is 11.7 Å². The van der Waals surface area contributed by atoms with Crippen LogP contribution < -0.4 is 5.73 Å². The molecule has 3 nitrogen and oxygen atoms in total. The van der Waals surface area contributed by atoms with Crippen LogP contribution >= 0.6 is 15.9 Å². The second kappa shape index (κ2) is 5.04. The minimum Gasteiger partial charge on any atom is -0.443 e. The summed E-state index contributed by atoms with van der Waals surface area (Å²) in [4.78, 5) is 10.8. The van der Waals surface area contributed by atoms with Crippen molar-refractivity contribution in [2.45, 2.75) is 32.3 Å². The number of hydrogen-bond acceptors (Lipinski definition) is 2. The van der Waals surface area contributed by atoms with E-state index in [1.165, 1.54) is 12.1 Å². The number of ether oxygens (including phenoxy) is 1. The Kier molecular flexibility index (Phi) is 4.14. The molecule has 0 fully saturated rings. The van der Waals surface area contributed by atoms with Crippen LogP contribution in [-0.4, -0.2) is 11.7 Å². The fraction of sp³-hybridized carbons (Fsp3) is 0.417. The minimum atomic E-state index is -0.839. The fourth-order valence-corrected chi connectivity index (χ4v) is 2.16. The first kappa shape index (κ1) is 14.0. The van der Waals surface area contributed by atoms with E-state index >= 15 is 0 Å². The summed E-state index contributed by atoms with van der Waals surface area (Å²) in [5.74, 6) is -0.523. The second-order valence-electron chi connectivity index (χ2n) is 4.41. The highest BCUT2D eigenvalue weighted by atomic mass is 79.9. The van der Waals surface area contributed by atoms with Gasteiger partial charge in [0.25, 0.3) is 0 Å². The smallest absolute Gasteiger partial charge is 0.405 e. The normalized spacial score (nSPS) is 13.2. The molecule has 0 spiro atoms. The van der Waals surface area contributed by atoms with E-state index in [0.29, 0.717) is 0 Å². The largest absolute Gasteiger partial charge is 0.443 e. The number of nitrogens with two attached hydrogens (primary N) is 1. The summed E-state index contributed by atoms with van der Waals surface area (Å²) in [6, 6.07) is 4.41. The Labute approximate surface area is 108 Å². The van der Waals surface area contributed by atoms with Crippen LogP contribution in [0.25, 0.3) is 0 Å². The zero-order chi connectivity index (χ0) is 13.2. The van der Waals surface area contributed by atoms with E-state index in [1.54, 1.807) is 19.9 Å². The first-order chi connectivity index (χ1) is 7.74. The average molecular weight is 304 g/mol. The fourth-order valence-electron chi connectivity index (χ4n) is 1.57. The number of primary amides is 1. The third-order valence-corrected chi connectivity index (χ3v) is 3.55. The summed E-state index contributed by atoms with van der Waals surface area (Å²) in [5, 5.41) is 0. The molecule has 0 aromatic heterocycles. The molecule has 2 N–H and O–H groups in total. The summed E-state index contributed by atoms with van der Waals surface area (Å²) in [6.07, 6.45) is -0.839.